The van der Waals surface area contributed by atoms with E-state index in [0.29, 0.717) is 17.1 Å². The van der Waals surface area contributed by atoms with Gasteiger partial charge in [-0.2, -0.15) is 0 Å². The molecule has 1 heterocycles. The van der Waals surface area contributed by atoms with Crippen molar-refractivity contribution in [3.8, 4) is 5.75 Å². The fourth-order valence-electron chi connectivity index (χ4n) is 1.91. The van der Waals surface area contributed by atoms with Crippen molar-refractivity contribution in [2.45, 2.75) is 32.6 Å². The zero-order chi connectivity index (χ0) is 16.3. The van der Waals surface area contributed by atoms with E-state index in [1.807, 2.05) is 5.38 Å². The van der Waals surface area contributed by atoms with E-state index in [4.69, 9.17) is 10.5 Å². The number of hydrogen-bond acceptors (Lipinski definition) is 5. The maximum atomic E-state index is 12.1. The van der Waals surface area contributed by atoms with Crippen LogP contribution in [-0.4, -0.2) is 18.0 Å². The molecule has 2 aromatic rings. The standard InChI is InChI=1S/C16H21N3O2S/c1-16(2,3)15-19-11(9-22-15)8-14(20)18-10-5-6-13(21-4)12(17)7-10/h5-7,9H,8,17H2,1-4H3,(H,18,20). The number of benzene rings is 1. The van der Waals surface area contributed by atoms with Crippen LogP contribution < -0.4 is 15.8 Å². The van der Waals surface area contributed by atoms with Gasteiger partial charge in [0, 0.05) is 16.5 Å². The minimum atomic E-state index is -0.115. The van der Waals surface area contributed by atoms with Crippen LogP contribution in [0.1, 0.15) is 31.5 Å². The summed E-state index contributed by atoms with van der Waals surface area (Å²) in [5.41, 5.74) is 7.75. The highest BCUT2D eigenvalue weighted by Gasteiger charge is 2.18. The van der Waals surface area contributed by atoms with E-state index in [0.717, 1.165) is 10.7 Å². The molecule has 2 rings (SSSR count). The van der Waals surface area contributed by atoms with Crippen LogP contribution >= 0.6 is 11.3 Å². The highest BCUT2D eigenvalue weighted by Crippen LogP contribution is 2.26. The molecule has 0 aliphatic carbocycles. The zero-order valence-electron chi connectivity index (χ0n) is 13.3. The van der Waals surface area contributed by atoms with E-state index in [-0.39, 0.29) is 17.7 Å². The van der Waals surface area contributed by atoms with E-state index in [1.54, 1.807) is 36.6 Å². The quantitative estimate of drug-likeness (QED) is 0.848. The number of anilines is 2. The Kier molecular flexibility index (Phi) is 4.71. The van der Waals surface area contributed by atoms with Gasteiger partial charge < -0.3 is 15.8 Å². The van der Waals surface area contributed by atoms with Crippen LogP contribution in [0.25, 0.3) is 0 Å². The summed E-state index contributed by atoms with van der Waals surface area (Å²) in [6.07, 6.45) is 0.249. The summed E-state index contributed by atoms with van der Waals surface area (Å²) >= 11 is 1.58. The number of methoxy groups -OCH3 is 1. The molecular weight excluding hydrogens is 298 g/mol. The van der Waals surface area contributed by atoms with Crippen LogP contribution in [0.2, 0.25) is 0 Å². The number of hydrogen-bond donors (Lipinski definition) is 2. The van der Waals surface area contributed by atoms with Gasteiger partial charge in [-0.25, -0.2) is 4.98 Å². The number of carbonyl (C=O) groups excluding carboxylic acids is 1. The maximum absolute atomic E-state index is 12.1. The summed E-state index contributed by atoms with van der Waals surface area (Å²) in [4.78, 5) is 16.6. The maximum Gasteiger partial charge on any atom is 0.230 e. The van der Waals surface area contributed by atoms with Crippen molar-refractivity contribution in [1.29, 1.82) is 0 Å². The second-order valence-electron chi connectivity index (χ2n) is 6.08. The molecule has 0 saturated heterocycles. The molecule has 6 heteroatoms. The Bertz CT molecular complexity index is 674. The first-order chi connectivity index (χ1) is 10.3. The molecule has 0 aliphatic heterocycles. The lowest BCUT2D eigenvalue weighted by Gasteiger charge is -2.13. The summed E-state index contributed by atoms with van der Waals surface area (Å²) in [5.74, 6) is 0.475. The third-order valence-electron chi connectivity index (χ3n) is 3.05. The number of aromatic nitrogens is 1. The first-order valence-electron chi connectivity index (χ1n) is 6.98. The second kappa shape index (κ2) is 6.36. The molecule has 0 aliphatic rings. The molecule has 0 spiro atoms. The molecule has 1 amide bonds. The zero-order valence-corrected chi connectivity index (χ0v) is 14.1. The van der Waals surface area contributed by atoms with E-state index < -0.39 is 0 Å². The van der Waals surface area contributed by atoms with Gasteiger partial charge in [-0.15, -0.1) is 11.3 Å². The van der Waals surface area contributed by atoms with Crippen molar-refractivity contribution in [2.24, 2.45) is 0 Å². The van der Waals surface area contributed by atoms with E-state index in [1.165, 1.54) is 0 Å². The van der Waals surface area contributed by atoms with E-state index in [2.05, 4.69) is 31.1 Å². The Labute approximate surface area is 134 Å². The Morgan fingerprint density at radius 3 is 2.68 bits per heavy atom. The predicted molar refractivity (Wildman–Crippen MR) is 90.6 cm³/mol. The van der Waals surface area contributed by atoms with Gasteiger partial charge in [0.1, 0.15) is 5.75 Å². The Balaban J connectivity index is 2.01. The van der Waals surface area contributed by atoms with Crippen LogP contribution in [0.3, 0.4) is 0 Å². The van der Waals surface area contributed by atoms with Crippen LogP contribution in [0.15, 0.2) is 23.6 Å². The SMILES string of the molecule is COc1ccc(NC(=O)Cc2csc(C(C)(C)C)n2)cc1N. The van der Waals surface area contributed by atoms with Crippen molar-refractivity contribution < 1.29 is 9.53 Å². The number of thiazole rings is 1. The van der Waals surface area contributed by atoms with Gasteiger partial charge in [0.25, 0.3) is 0 Å². The van der Waals surface area contributed by atoms with Crippen molar-refractivity contribution in [1.82, 2.24) is 4.98 Å². The van der Waals surface area contributed by atoms with Gasteiger partial charge in [0.05, 0.1) is 29.9 Å². The van der Waals surface area contributed by atoms with E-state index >= 15 is 0 Å². The topological polar surface area (TPSA) is 77.2 Å². The molecule has 0 unspecified atom stereocenters. The molecule has 118 valence electrons. The number of carbonyl (C=O) groups is 1. The fraction of sp³-hybridized carbons (Fsp3) is 0.375. The average molecular weight is 319 g/mol. The Morgan fingerprint density at radius 2 is 2.14 bits per heavy atom. The van der Waals surface area contributed by atoms with Gasteiger partial charge in [-0.1, -0.05) is 20.8 Å². The molecule has 0 fully saturated rings. The summed E-state index contributed by atoms with van der Waals surface area (Å²) in [7, 11) is 1.55. The van der Waals surface area contributed by atoms with Crippen LogP contribution in [0.4, 0.5) is 11.4 Å². The molecular formula is C16H21N3O2S. The summed E-state index contributed by atoms with van der Waals surface area (Å²) in [5, 5.41) is 5.79. The Hall–Kier alpha value is -2.08. The number of nitrogens with two attached hydrogens (primary N) is 1. The molecule has 22 heavy (non-hydrogen) atoms. The summed E-state index contributed by atoms with van der Waals surface area (Å²) in [6, 6.07) is 5.17. The van der Waals surface area contributed by atoms with Gasteiger partial charge >= 0.3 is 0 Å². The first kappa shape index (κ1) is 16.3. The number of ether oxygens (including phenoxy) is 1. The number of rotatable bonds is 4. The van der Waals surface area contributed by atoms with Crippen molar-refractivity contribution in [3.63, 3.8) is 0 Å². The minimum Gasteiger partial charge on any atom is -0.495 e. The largest absolute Gasteiger partial charge is 0.495 e. The fourth-order valence-corrected chi connectivity index (χ4v) is 2.82. The lowest BCUT2D eigenvalue weighted by atomic mass is 9.98. The highest BCUT2D eigenvalue weighted by atomic mass is 32.1. The predicted octanol–water partition coefficient (Wildman–Crippen LogP) is 3.21. The Morgan fingerprint density at radius 1 is 1.41 bits per heavy atom. The van der Waals surface area contributed by atoms with Crippen molar-refractivity contribution in [3.05, 3.63) is 34.3 Å². The summed E-state index contributed by atoms with van der Waals surface area (Å²) < 4.78 is 5.09. The molecule has 0 radical (unpaired) electrons. The monoisotopic (exact) mass is 319 g/mol. The normalized spacial score (nSPS) is 11.3. The van der Waals surface area contributed by atoms with Gasteiger partial charge in [-0.3, -0.25) is 4.79 Å². The number of nitrogens with one attached hydrogen (secondary N) is 1. The lowest BCUT2D eigenvalue weighted by molar-refractivity contribution is -0.115. The number of nitrogens with zero attached hydrogens (tertiary/aromatic N) is 1. The van der Waals surface area contributed by atoms with Gasteiger partial charge in [-0.05, 0) is 18.2 Å². The lowest BCUT2D eigenvalue weighted by Crippen LogP contribution is -2.15. The third-order valence-corrected chi connectivity index (χ3v) is 4.37. The molecule has 1 aromatic heterocycles. The first-order valence-corrected chi connectivity index (χ1v) is 7.86. The van der Waals surface area contributed by atoms with Gasteiger partial charge in [0.2, 0.25) is 5.91 Å². The average Bonchev–Trinajstić information content (AvgIpc) is 2.87. The number of nitrogen functional groups attached to an aromatic ring is 1. The molecule has 0 saturated carbocycles. The van der Waals surface area contributed by atoms with Crippen molar-refractivity contribution in [2.75, 3.05) is 18.2 Å². The third kappa shape index (κ3) is 3.98. The molecule has 3 N–H and O–H groups in total. The van der Waals surface area contributed by atoms with E-state index in [9.17, 15) is 4.79 Å². The van der Waals surface area contributed by atoms with Crippen LogP contribution in [0, 0.1) is 0 Å². The smallest absolute Gasteiger partial charge is 0.230 e. The second-order valence-corrected chi connectivity index (χ2v) is 6.93. The molecule has 1 aromatic carbocycles. The highest BCUT2D eigenvalue weighted by molar-refractivity contribution is 7.09. The van der Waals surface area contributed by atoms with Crippen LogP contribution in [-0.2, 0) is 16.6 Å². The van der Waals surface area contributed by atoms with Gasteiger partial charge in [0.15, 0.2) is 0 Å². The molecule has 0 bridgehead atoms. The van der Waals surface area contributed by atoms with Crippen molar-refractivity contribution >= 4 is 28.6 Å². The molecule has 5 nitrogen and oxygen atoms in total. The molecule has 0 atom stereocenters. The van der Waals surface area contributed by atoms with Crippen LogP contribution in [0.5, 0.6) is 5.75 Å². The summed E-state index contributed by atoms with van der Waals surface area (Å²) in [6.45, 7) is 6.32. The minimum absolute atomic E-state index is 0.00380. The number of amides is 1.